The summed E-state index contributed by atoms with van der Waals surface area (Å²) in [5.41, 5.74) is 3.43. The molecule has 2 rings (SSSR count). The van der Waals surface area contributed by atoms with Crippen LogP contribution in [0.3, 0.4) is 0 Å². The van der Waals surface area contributed by atoms with Gasteiger partial charge in [-0.1, -0.05) is 29.8 Å². The smallest absolute Gasteiger partial charge is 0.203 e. The van der Waals surface area contributed by atoms with Crippen LogP contribution in [0.25, 0.3) is 0 Å². The largest absolute Gasteiger partial charge is 0.493 e. The highest BCUT2D eigenvalue weighted by Gasteiger charge is 2.13. The van der Waals surface area contributed by atoms with Crippen LogP contribution in [0.1, 0.15) is 23.6 Å². The minimum absolute atomic E-state index is 0.486. The Hall–Kier alpha value is -2.89. The van der Waals surface area contributed by atoms with Gasteiger partial charge in [0.25, 0.3) is 0 Å². The summed E-state index contributed by atoms with van der Waals surface area (Å²) in [5, 5.41) is 6.62. The topological polar surface area (TPSA) is 64.1 Å². The first-order valence-corrected chi connectivity index (χ1v) is 8.97. The Balaban J connectivity index is 2.12. The number of ether oxygens (including phenoxy) is 3. The van der Waals surface area contributed by atoms with Crippen LogP contribution in [0.2, 0.25) is 0 Å². The summed E-state index contributed by atoms with van der Waals surface area (Å²) in [7, 11) is 4.81. The zero-order chi connectivity index (χ0) is 19.6. The summed E-state index contributed by atoms with van der Waals surface area (Å²) >= 11 is 0. The average Bonchev–Trinajstić information content (AvgIpc) is 2.70. The van der Waals surface area contributed by atoms with Gasteiger partial charge in [-0.15, -0.1) is 0 Å². The third-order valence-electron chi connectivity index (χ3n) is 4.07. The second-order valence-electron chi connectivity index (χ2n) is 6.07. The molecule has 0 aromatic heterocycles. The van der Waals surface area contributed by atoms with Gasteiger partial charge in [0, 0.05) is 13.1 Å². The third kappa shape index (κ3) is 5.81. The minimum atomic E-state index is 0.486. The van der Waals surface area contributed by atoms with E-state index in [1.54, 1.807) is 21.3 Å². The molecule has 0 saturated carbocycles. The lowest BCUT2D eigenvalue weighted by molar-refractivity contribution is 0.324. The lowest BCUT2D eigenvalue weighted by Crippen LogP contribution is -2.36. The number of benzene rings is 2. The van der Waals surface area contributed by atoms with Crippen LogP contribution < -0.4 is 24.8 Å². The average molecular weight is 371 g/mol. The van der Waals surface area contributed by atoms with E-state index in [9.17, 15) is 0 Å². The van der Waals surface area contributed by atoms with Crippen molar-refractivity contribution in [3.8, 4) is 17.2 Å². The van der Waals surface area contributed by atoms with E-state index in [1.165, 1.54) is 11.1 Å². The predicted octanol–water partition coefficient (Wildman–Crippen LogP) is 3.28. The number of rotatable bonds is 8. The first-order valence-electron chi connectivity index (χ1n) is 8.97. The highest BCUT2D eigenvalue weighted by Crippen LogP contribution is 2.38. The number of methoxy groups -OCH3 is 3. The molecule has 0 fully saturated rings. The van der Waals surface area contributed by atoms with Crippen molar-refractivity contribution in [1.29, 1.82) is 0 Å². The van der Waals surface area contributed by atoms with E-state index >= 15 is 0 Å². The van der Waals surface area contributed by atoms with E-state index in [2.05, 4.69) is 46.8 Å². The highest BCUT2D eigenvalue weighted by molar-refractivity contribution is 5.79. The van der Waals surface area contributed by atoms with Gasteiger partial charge in [-0.25, -0.2) is 4.99 Å². The summed E-state index contributed by atoms with van der Waals surface area (Å²) < 4.78 is 16.2. The Kier molecular flexibility index (Phi) is 7.79. The molecule has 0 radical (unpaired) electrons. The Labute approximate surface area is 161 Å². The van der Waals surface area contributed by atoms with Crippen LogP contribution in [-0.2, 0) is 13.1 Å². The molecule has 146 valence electrons. The summed E-state index contributed by atoms with van der Waals surface area (Å²) in [4.78, 5) is 4.67. The Bertz CT molecular complexity index is 733. The first kappa shape index (κ1) is 20.4. The summed E-state index contributed by atoms with van der Waals surface area (Å²) in [6.45, 7) is 6.11. The summed E-state index contributed by atoms with van der Waals surface area (Å²) in [6, 6.07) is 12.3. The molecule has 27 heavy (non-hydrogen) atoms. The van der Waals surface area contributed by atoms with Crippen molar-refractivity contribution in [1.82, 2.24) is 10.6 Å². The number of nitrogens with zero attached hydrogens (tertiary/aromatic N) is 1. The fourth-order valence-electron chi connectivity index (χ4n) is 2.63. The van der Waals surface area contributed by atoms with Crippen molar-refractivity contribution in [2.24, 2.45) is 4.99 Å². The van der Waals surface area contributed by atoms with Crippen LogP contribution >= 0.6 is 0 Å². The lowest BCUT2D eigenvalue weighted by Gasteiger charge is -2.14. The maximum Gasteiger partial charge on any atom is 0.203 e. The molecular formula is C21H29N3O3. The monoisotopic (exact) mass is 371 g/mol. The second-order valence-corrected chi connectivity index (χ2v) is 6.07. The molecule has 0 spiro atoms. The third-order valence-corrected chi connectivity index (χ3v) is 4.07. The standard InChI is InChI=1S/C21H29N3O3/c1-6-22-21(23-13-16-9-7-15(2)8-10-16)24-14-17-11-18(25-3)20(27-5)19(12-17)26-4/h7-12H,6,13-14H2,1-5H3,(H2,22,23,24). The van der Waals surface area contributed by atoms with Crippen LogP contribution in [0.5, 0.6) is 17.2 Å². The van der Waals surface area contributed by atoms with Crippen molar-refractivity contribution in [2.75, 3.05) is 27.9 Å². The molecule has 0 unspecified atom stereocenters. The van der Waals surface area contributed by atoms with Gasteiger partial charge in [-0.05, 0) is 37.1 Å². The maximum atomic E-state index is 5.40. The number of hydrogen-bond donors (Lipinski definition) is 2. The van der Waals surface area contributed by atoms with E-state index in [0.717, 1.165) is 18.1 Å². The fourth-order valence-corrected chi connectivity index (χ4v) is 2.63. The number of aliphatic imine (C=N–C) groups is 1. The molecule has 0 heterocycles. The van der Waals surface area contributed by atoms with Gasteiger partial charge in [0.05, 0.1) is 27.9 Å². The van der Waals surface area contributed by atoms with E-state index in [4.69, 9.17) is 14.2 Å². The van der Waals surface area contributed by atoms with Gasteiger partial charge < -0.3 is 24.8 Å². The highest BCUT2D eigenvalue weighted by atomic mass is 16.5. The van der Waals surface area contributed by atoms with Gasteiger partial charge in [0.15, 0.2) is 17.5 Å². The molecule has 0 amide bonds. The van der Waals surface area contributed by atoms with Gasteiger partial charge in [-0.3, -0.25) is 0 Å². The molecule has 2 N–H and O–H groups in total. The van der Waals surface area contributed by atoms with Crippen molar-refractivity contribution in [3.63, 3.8) is 0 Å². The Morgan fingerprint density at radius 3 is 2.04 bits per heavy atom. The summed E-state index contributed by atoms with van der Waals surface area (Å²) in [6.07, 6.45) is 0. The van der Waals surface area contributed by atoms with Gasteiger partial charge in [-0.2, -0.15) is 0 Å². The molecular weight excluding hydrogens is 342 g/mol. The van der Waals surface area contributed by atoms with Crippen LogP contribution in [0.4, 0.5) is 0 Å². The van der Waals surface area contributed by atoms with Crippen molar-refractivity contribution < 1.29 is 14.2 Å². The predicted molar refractivity (Wildman–Crippen MR) is 109 cm³/mol. The van der Waals surface area contributed by atoms with Gasteiger partial charge in [0.2, 0.25) is 5.75 Å². The van der Waals surface area contributed by atoms with Crippen LogP contribution in [0, 0.1) is 6.92 Å². The molecule has 6 heteroatoms. The van der Waals surface area contributed by atoms with Gasteiger partial charge >= 0.3 is 0 Å². The fraction of sp³-hybridized carbons (Fsp3) is 0.381. The number of hydrogen-bond acceptors (Lipinski definition) is 4. The van der Waals surface area contributed by atoms with Crippen molar-refractivity contribution in [3.05, 3.63) is 53.1 Å². The van der Waals surface area contributed by atoms with Gasteiger partial charge in [0.1, 0.15) is 0 Å². The van der Waals surface area contributed by atoms with E-state index in [0.29, 0.717) is 30.3 Å². The molecule has 0 aliphatic heterocycles. The summed E-state index contributed by atoms with van der Waals surface area (Å²) in [5.74, 6) is 2.59. The minimum Gasteiger partial charge on any atom is -0.493 e. The van der Waals surface area contributed by atoms with Crippen LogP contribution in [-0.4, -0.2) is 33.8 Å². The zero-order valence-electron chi connectivity index (χ0n) is 16.8. The van der Waals surface area contributed by atoms with Crippen molar-refractivity contribution >= 4 is 5.96 Å². The second kappa shape index (κ2) is 10.3. The SMILES string of the molecule is CCNC(=NCc1cc(OC)c(OC)c(OC)c1)NCc1ccc(C)cc1. The zero-order valence-corrected chi connectivity index (χ0v) is 16.8. The quantitative estimate of drug-likeness (QED) is 0.551. The molecule has 0 aliphatic rings. The normalized spacial score (nSPS) is 11.1. The Morgan fingerprint density at radius 2 is 1.52 bits per heavy atom. The molecule has 2 aromatic carbocycles. The van der Waals surface area contributed by atoms with E-state index in [-0.39, 0.29) is 0 Å². The van der Waals surface area contributed by atoms with E-state index in [1.807, 2.05) is 19.1 Å². The molecule has 0 atom stereocenters. The molecule has 0 aliphatic carbocycles. The molecule has 6 nitrogen and oxygen atoms in total. The van der Waals surface area contributed by atoms with E-state index < -0.39 is 0 Å². The number of guanidine groups is 1. The maximum absolute atomic E-state index is 5.40. The lowest BCUT2D eigenvalue weighted by atomic mass is 10.1. The van der Waals surface area contributed by atoms with Crippen LogP contribution in [0.15, 0.2) is 41.4 Å². The first-order chi connectivity index (χ1) is 13.1. The number of aryl methyl sites for hydroxylation is 1. The molecule has 0 bridgehead atoms. The number of nitrogens with one attached hydrogen (secondary N) is 2. The molecule has 2 aromatic rings. The Morgan fingerprint density at radius 1 is 0.889 bits per heavy atom. The van der Waals surface area contributed by atoms with Crippen molar-refractivity contribution in [2.45, 2.75) is 26.9 Å². The molecule has 0 saturated heterocycles.